The lowest BCUT2D eigenvalue weighted by Gasteiger charge is -2.25. The van der Waals surface area contributed by atoms with E-state index in [4.69, 9.17) is 23.2 Å². The fraction of sp³-hybridized carbons (Fsp3) is 0.429. The lowest BCUT2D eigenvalue weighted by Crippen LogP contribution is -2.42. The first-order chi connectivity index (χ1) is 9.85. The number of benzene rings is 1. The fourth-order valence-electron chi connectivity index (χ4n) is 1.57. The minimum absolute atomic E-state index is 0.0587. The standard InChI is InChI=1S/C14H17Cl2NO3S/c1-9(2)17(7-14(19)20-3)13(18)8-21-12-6-10(15)4-5-11(12)16/h4-6,9H,7-8H2,1-3H3. The highest BCUT2D eigenvalue weighted by molar-refractivity contribution is 8.00. The van der Waals surface area contributed by atoms with Gasteiger partial charge in [-0.25, -0.2) is 0 Å². The topological polar surface area (TPSA) is 46.6 Å². The Morgan fingerprint density at radius 3 is 2.57 bits per heavy atom. The van der Waals surface area contributed by atoms with Crippen molar-refractivity contribution in [2.24, 2.45) is 0 Å². The largest absolute Gasteiger partial charge is 0.468 e. The summed E-state index contributed by atoms with van der Waals surface area (Å²) in [4.78, 5) is 25.8. The molecule has 0 spiro atoms. The number of hydrogen-bond acceptors (Lipinski definition) is 4. The van der Waals surface area contributed by atoms with Gasteiger partial charge in [-0.05, 0) is 32.0 Å². The van der Waals surface area contributed by atoms with Gasteiger partial charge in [-0.1, -0.05) is 23.2 Å². The highest BCUT2D eigenvalue weighted by Crippen LogP contribution is 2.30. The third kappa shape index (κ3) is 5.77. The predicted molar refractivity (Wildman–Crippen MR) is 86.1 cm³/mol. The van der Waals surface area contributed by atoms with E-state index >= 15 is 0 Å². The number of thioether (sulfide) groups is 1. The van der Waals surface area contributed by atoms with Crippen molar-refractivity contribution >= 4 is 46.8 Å². The van der Waals surface area contributed by atoms with E-state index in [9.17, 15) is 9.59 Å². The average molecular weight is 350 g/mol. The molecule has 1 amide bonds. The van der Waals surface area contributed by atoms with Crippen molar-refractivity contribution in [2.75, 3.05) is 19.4 Å². The van der Waals surface area contributed by atoms with E-state index in [1.54, 1.807) is 18.2 Å². The van der Waals surface area contributed by atoms with Crippen molar-refractivity contribution in [3.8, 4) is 0 Å². The number of carbonyl (C=O) groups excluding carboxylic acids is 2. The Hall–Kier alpha value is -0.910. The second kappa shape index (κ2) is 8.51. The molecule has 1 aromatic rings. The molecule has 0 aliphatic rings. The van der Waals surface area contributed by atoms with Crippen LogP contribution in [0.4, 0.5) is 0 Å². The van der Waals surface area contributed by atoms with Gasteiger partial charge in [0.25, 0.3) is 0 Å². The van der Waals surface area contributed by atoms with E-state index in [-0.39, 0.29) is 24.2 Å². The van der Waals surface area contributed by atoms with Crippen molar-refractivity contribution in [3.05, 3.63) is 28.2 Å². The number of esters is 1. The number of hydrogen-bond donors (Lipinski definition) is 0. The summed E-state index contributed by atoms with van der Waals surface area (Å²) in [5.41, 5.74) is 0. The van der Waals surface area contributed by atoms with Crippen LogP contribution in [0.15, 0.2) is 23.1 Å². The van der Waals surface area contributed by atoms with Crippen LogP contribution in [-0.4, -0.2) is 42.2 Å². The molecule has 0 heterocycles. The van der Waals surface area contributed by atoms with Crippen molar-refractivity contribution in [1.29, 1.82) is 0 Å². The third-order valence-corrected chi connectivity index (χ3v) is 4.43. The maximum atomic E-state index is 12.2. The molecule has 1 aromatic carbocycles. The molecule has 0 radical (unpaired) electrons. The van der Waals surface area contributed by atoms with E-state index in [1.807, 2.05) is 13.8 Å². The molecule has 21 heavy (non-hydrogen) atoms. The second-order valence-corrected chi connectivity index (χ2v) is 6.42. The SMILES string of the molecule is COC(=O)CN(C(=O)CSc1cc(Cl)ccc1Cl)C(C)C. The molecule has 0 saturated carbocycles. The second-order valence-electron chi connectivity index (χ2n) is 4.55. The summed E-state index contributed by atoms with van der Waals surface area (Å²) in [6.07, 6.45) is 0. The van der Waals surface area contributed by atoms with E-state index in [0.717, 1.165) is 4.90 Å². The van der Waals surface area contributed by atoms with Gasteiger partial charge in [-0.3, -0.25) is 9.59 Å². The van der Waals surface area contributed by atoms with Gasteiger partial charge in [-0.2, -0.15) is 0 Å². The molecular weight excluding hydrogens is 333 g/mol. The smallest absolute Gasteiger partial charge is 0.325 e. The lowest BCUT2D eigenvalue weighted by molar-refractivity contribution is -0.147. The molecule has 0 fully saturated rings. The van der Waals surface area contributed by atoms with Crippen LogP contribution in [0.25, 0.3) is 0 Å². The predicted octanol–water partition coefficient (Wildman–Crippen LogP) is 3.50. The molecule has 0 N–H and O–H groups in total. The molecule has 0 atom stereocenters. The zero-order valence-electron chi connectivity index (χ0n) is 12.1. The minimum Gasteiger partial charge on any atom is -0.468 e. The normalized spacial score (nSPS) is 10.6. The molecule has 4 nitrogen and oxygen atoms in total. The summed E-state index contributed by atoms with van der Waals surface area (Å²) in [5, 5.41) is 1.10. The monoisotopic (exact) mass is 349 g/mol. The van der Waals surface area contributed by atoms with E-state index in [2.05, 4.69) is 4.74 Å². The zero-order chi connectivity index (χ0) is 16.0. The third-order valence-electron chi connectivity index (χ3n) is 2.72. The molecule has 0 bridgehead atoms. The van der Waals surface area contributed by atoms with E-state index in [0.29, 0.717) is 10.0 Å². The highest BCUT2D eigenvalue weighted by atomic mass is 35.5. The molecule has 0 aromatic heterocycles. The number of methoxy groups -OCH3 is 1. The van der Waals surface area contributed by atoms with Gasteiger partial charge in [0.15, 0.2) is 0 Å². The number of halogens is 2. The van der Waals surface area contributed by atoms with Gasteiger partial charge in [0.2, 0.25) is 5.91 Å². The summed E-state index contributed by atoms with van der Waals surface area (Å²) in [6.45, 7) is 3.63. The van der Waals surface area contributed by atoms with Crippen molar-refractivity contribution in [1.82, 2.24) is 4.90 Å². The number of carbonyl (C=O) groups is 2. The Morgan fingerprint density at radius 1 is 1.33 bits per heavy atom. The maximum Gasteiger partial charge on any atom is 0.325 e. The number of amides is 1. The van der Waals surface area contributed by atoms with E-state index in [1.165, 1.54) is 23.8 Å². The van der Waals surface area contributed by atoms with Crippen LogP contribution in [0, 0.1) is 0 Å². The Balaban J connectivity index is 2.69. The van der Waals surface area contributed by atoms with Crippen LogP contribution in [-0.2, 0) is 14.3 Å². The van der Waals surface area contributed by atoms with Gasteiger partial charge in [0.05, 0.1) is 17.9 Å². The summed E-state index contributed by atoms with van der Waals surface area (Å²) in [5.74, 6) is -0.422. The van der Waals surface area contributed by atoms with Crippen molar-refractivity contribution in [3.63, 3.8) is 0 Å². The minimum atomic E-state index is -0.442. The summed E-state index contributed by atoms with van der Waals surface area (Å²) >= 11 is 13.2. The number of nitrogens with zero attached hydrogens (tertiary/aromatic N) is 1. The highest BCUT2D eigenvalue weighted by Gasteiger charge is 2.20. The zero-order valence-corrected chi connectivity index (χ0v) is 14.4. The number of ether oxygens (including phenoxy) is 1. The molecule has 0 saturated heterocycles. The summed E-state index contributed by atoms with van der Waals surface area (Å²) in [7, 11) is 1.30. The fourth-order valence-corrected chi connectivity index (χ4v) is 2.95. The van der Waals surface area contributed by atoms with Gasteiger partial charge >= 0.3 is 5.97 Å². The number of rotatable bonds is 6. The molecule has 1 rings (SSSR count). The average Bonchev–Trinajstić information content (AvgIpc) is 2.44. The van der Waals surface area contributed by atoms with Crippen molar-refractivity contribution < 1.29 is 14.3 Å². The molecule has 0 aliphatic heterocycles. The van der Waals surface area contributed by atoms with Crippen LogP contribution in [0.3, 0.4) is 0 Å². The quantitative estimate of drug-likeness (QED) is 0.582. The lowest BCUT2D eigenvalue weighted by atomic mass is 10.3. The van der Waals surface area contributed by atoms with Gasteiger partial charge in [0, 0.05) is 16.0 Å². The van der Waals surface area contributed by atoms with Gasteiger partial charge in [-0.15, -0.1) is 11.8 Å². The Bertz CT molecular complexity index is 523. The van der Waals surface area contributed by atoms with Crippen molar-refractivity contribution in [2.45, 2.75) is 24.8 Å². The first-order valence-corrected chi connectivity index (χ1v) is 8.03. The van der Waals surface area contributed by atoms with Crippen LogP contribution in [0.2, 0.25) is 10.0 Å². The Labute approximate surface area is 138 Å². The molecule has 7 heteroatoms. The summed E-state index contributed by atoms with van der Waals surface area (Å²) in [6, 6.07) is 4.99. The molecule has 0 unspecified atom stereocenters. The van der Waals surface area contributed by atoms with E-state index < -0.39 is 5.97 Å². The van der Waals surface area contributed by atoms with Gasteiger partial charge < -0.3 is 9.64 Å². The van der Waals surface area contributed by atoms with Crippen LogP contribution < -0.4 is 0 Å². The molecule has 116 valence electrons. The molecule has 0 aliphatic carbocycles. The first kappa shape index (κ1) is 18.1. The maximum absolute atomic E-state index is 12.2. The van der Waals surface area contributed by atoms with Crippen LogP contribution in [0.5, 0.6) is 0 Å². The van der Waals surface area contributed by atoms with Crippen LogP contribution >= 0.6 is 35.0 Å². The van der Waals surface area contributed by atoms with Crippen LogP contribution in [0.1, 0.15) is 13.8 Å². The Kier molecular flexibility index (Phi) is 7.35. The Morgan fingerprint density at radius 2 is 2.00 bits per heavy atom. The summed E-state index contributed by atoms with van der Waals surface area (Å²) < 4.78 is 4.60. The molecular formula is C14H17Cl2NO3S. The first-order valence-electron chi connectivity index (χ1n) is 6.29. The van der Waals surface area contributed by atoms with Gasteiger partial charge in [0.1, 0.15) is 6.54 Å².